The van der Waals surface area contributed by atoms with E-state index >= 15 is 0 Å². The topological polar surface area (TPSA) is 84.6 Å². The van der Waals surface area contributed by atoms with Gasteiger partial charge in [-0.3, -0.25) is 4.79 Å². The maximum atomic E-state index is 11.9. The fraction of sp³-hybridized carbons (Fsp3) is 0.800. The van der Waals surface area contributed by atoms with E-state index in [0.29, 0.717) is 36.8 Å². The van der Waals surface area contributed by atoms with Gasteiger partial charge in [-0.05, 0) is 113 Å². The highest BCUT2D eigenvalue weighted by atomic mass is 16.5. The van der Waals surface area contributed by atoms with Crippen LogP contribution in [0.15, 0.2) is 35.5 Å². The van der Waals surface area contributed by atoms with Crippen LogP contribution in [0.2, 0.25) is 0 Å². The van der Waals surface area contributed by atoms with E-state index in [1.54, 1.807) is 5.57 Å². The molecule has 5 heteroatoms. The van der Waals surface area contributed by atoms with Crippen molar-refractivity contribution in [1.29, 1.82) is 0 Å². The third-order valence-electron chi connectivity index (χ3n) is 10.3. The minimum Gasteiger partial charge on any atom is -0.390 e. The Bertz CT molecular complexity index is 901. The number of nitrogens with two attached hydrogens (primary N) is 1. The Kier molecular flexibility index (Phi) is 12.5. The van der Waals surface area contributed by atoms with E-state index in [1.807, 2.05) is 20.8 Å². The molecule has 1 amide bonds. The molecular weight excluding hydrogens is 496 g/mol. The molecule has 0 bridgehead atoms. The standard InChI is InChI=1S/C35H60N2O3/c1-7-29(36)24-33(38)37-21-10-22-40-30-16-13-25(2)28(23-30)15-14-27-12-9-20-35(6)31(17-18-32(27)35)26(3)11-8-19-34(4,5)39/h14-15,26,29-32,39H,2,7-13,16-24,36H2,1,3-6H3,(H,37,38)/b27-14+,28-15-/t26-,29?,30+,31?,32+,35-/m1/s1. The summed E-state index contributed by atoms with van der Waals surface area (Å²) >= 11 is 0. The fourth-order valence-electron chi connectivity index (χ4n) is 7.80. The number of nitrogens with one attached hydrogen (secondary N) is 1. The highest BCUT2D eigenvalue weighted by molar-refractivity contribution is 5.76. The molecule has 3 aliphatic rings. The summed E-state index contributed by atoms with van der Waals surface area (Å²) in [5, 5.41) is 13.1. The van der Waals surface area contributed by atoms with Crippen molar-refractivity contribution in [2.24, 2.45) is 28.9 Å². The highest BCUT2D eigenvalue weighted by Crippen LogP contribution is 2.60. The average molecular weight is 557 g/mol. The number of fused-ring (bicyclic) bond motifs is 1. The van der Waals surface area contributed by atoms with Crippen LogP contribution >= 0.6 is 0 Å². The molecule has 0 aliphatic heterocycles. The lowest BCUT2D eigenvalue weighted by molar-refractivity contribution is -0.121. The smallest absolute Gasteiger partial charge is 0.221 e. The van der Waals surface area contributed by atoms with Crippen molar-refractivity contribution in [1.82, 2.24) is 5.32 Å². The number of allylic oxidation sites excluding steroid dienone is 4. The van der Waals surface area contributed by atoms with Crippen LogP contribution in [-0.4, -0.2) is 41.9 Å². The second kappa shape index (κ2) is 15.2. The first kappa shape index (κ1) is 33.1. The minimum absolute atomic E-state index is 0.0363. The number of aliphatic hydroxyl groups is 1. The van der Waals surface area contributed by atoms with Gasteiger partial charge < -0.3 is 20.9 Å². The van der Waals surface area contributed by atoms with Crippen LogP contribution in [0.5, 0.6) is 0 Å². The number of hydrogen-bond donors (Lipinski definition) is 3. The fourth-order valence-corrected chi connectivity index (χ4v) is 7.80. The molecule has 3 aliphatic carbocycles. The van der Waals surface area contributed by atoms with Crippen LogP contribution in [0.1, 0.15) is 125 Å². The Morgan fingerprint density at radius 1 is 1.25 bits per heavy atom. The van der Waals surface area contributed by atoms with E-state index in [1.165, 1.54) is 49.7 Å². The number of carbonyl (C=O) groups is 1. The van der Waals surface area contributed by atoms with E-state index in [0.717, 1.165) is 50.9 Å². The van der Waals surface area contributed by atoms with Gasteiger partial charge in [0, 0.05) is 25.6 Å². The maximum absolute atomic E-state index is 11.9. The van der Waals surface area contributed by atoms with Gasteiger partial charge in [-0.1, -0.05) is 63.5 Å². The lowest BCUT2D eigenvalue weighted by Crippen LogP contribution is -2.36. The lowest BCUT2D eigenvalue weighted by atomic mass is 9.60. The van der Waals surface area contributed by atoms with Crippen LogP contribution in [0.3, 0.4) is 0 Å². The molecule has 0 saturated heterocycles. The molecule has 0 spiro atoms. The van der Waals surface area contributed by atoms with Crippen molar-refractivity contribution >= 4 is 5.91 Å². The minimum atomic E-state index is -0.552. The summed E-state index contributed by atoms with van der Waals surface area (Å²) in [5.41, 5.74) is 9.99. The molecule has 3 rings (SSSR count). The molecule has 228 valence electrons. The van der Waals surface area contributed by atoms with Gasteiger partial charge in [0.2, 0.25) is 5.91 Å². The Hall–Kier alpha value is -1.43. The molecule has 0 aromatic heterocycles. The largest absolute Gasteiger partial charge is 0.390 e. The molecule has 0 aromatic carbocycles. The lowest BCUT2D eigenvalue weighted by Gasteiger charge is -2.44. The Labute approximate surface area is 245 Å². The molecule has 6 atom stereocenters. The van der Waals surface area contributed by atoms with Gasteiger partial charge in [-0.15, -0.1) is 0 Å². The Morgan fingerprint density at radius 2 is 2.02 bits per heavy atom. The van der Waals surface area contributed by atoms with E-state index in [9.17, 15) is 9.90 Å². The monoisotopic (exact) mass is 556 g/mol. The molecular formula is C35H60N2O3. The van der Waals surface area contributed by atoms with Crippen molar-refractivity contribution in [3.63, 3.8) is 0 Å². The van der Waals surface area contributed by atoms with Gasteiger partial charge in [0.15, 0.2) is 0 Å². The van der Waals surface area contributed by atoms with Crippen LogP contribution in [0, 0.1) is 23.2 Å². The average Bonchev–Trinajstić information content (AvgIpc) is 3.25. The summed E-state index contributed by atoms with van der Waals surface area (Å²) in [6.45, 7) is 16.6. The summed E-state index contributed by atoms with van der Waals surface area (Å²) in [7, 11) is 0. The van der Waals surface area contributed by atoms with Crippen molar-refractivity contribution in [3.8, 4) is 0 Å². The first-order chi connectivity index (χ1) is 18.9. The van der Waals surface area contributed by atoms with Crippen LogP contribution < -0.4 is 11.1 Å². The predicted molar refractivity (Wildman–Crippen MR) is 167 cm³/mol. The predicted octanol–water partition coefficient (Wildman–Crippen LogP) is 7.39. The Balaban J connectivity index is 1.51. The third kappa shape index (κ3) is 9.56. The van der Waals surface area contributed by atoms with Crippen LogP contribution in [0.4, 0.5) is 0 Å². The molecule has 0 aromatic rings. The van der Waals surface area contributed by atoms with E-state index in [-0.39, 0.29) is 18.1 Å². The highest BCUT2D eigenvalue weighted by Gasteiger charge is 2.50. The summed E-state index contributed by atoms with van der Waals surface area (Å²) in [5.74, 6) is 2.24. The third-order valence-corrected chi connectivity index (χ3v) is 10.3. The van der Waals surface area contributed by atoms with Gasteiger partial charge in [0.1, 0.15) is 0 Å². The molecule has 2 unspecified atom stereocenters. The zero-order valence-electron chi connectivity index (χ0n) is 26.4. The number of amides is 1. The summed E-state index contributed by atoms with van der Waals surface area (Å²) in [6.07, 6.45) is 19.8. The van der Waals surface area contributed by atoms with Crippen molar-refractivity contribution in [3.05, 3.63) is 35.5 Å². The Morgan fingerprint density at radius 3 is 2.75 bits per heavy atom. The van der Waals surface area contributed by atoms with E-state index < -0.39 is 5.60 Å². The number of carbonyl (C=O) groups excluding carboxylic acids is 1. The molecule has 0 heterocycles. The zero-order valence-corrected chi connectivity index (χ0v) is 26.4. The van der Waals surface area contributed by atoms with Gasteiger partial charge in [0.05, 0.1) is 11.7 Å². The summed E-state index contributed by atoms with van der Waals surface area (Å²) in [6, 6.07) is -0.0528. The maximum Gasteiger partial charge on any atom is 0.221 e. The second-order valence-electron chi connectivity index (χ2n) is 14.1. The molecule has 0 radical (unpaired) electrons. The molecule has 4 N–H and O–H groups in total. The molecule has 40 heavy (non-hydrogen) atoms. The molecule has 3 saturated carbocycles. The van der Waals surface area contributed by atoms with Crippen LogP contribution in [-0.2, 0) is 9.53 Å². The van der Waals surface area contributed by atoms with Crippen LogP contribution in [0.25, 0.3) is 0 Å². The molecule has 3 fully saturated rings. The van der Waals surface area contributed by atoms with Gasteiger partial charge in [-0.25, -0.2) is 0 Å². The van der Waals surface area contributed by atoms with Crippen molar-refractivity contribution in [2.45, 2.75) is 142 Å². The SMILES string of the molecule is C=C1CC[C@H](OCCCNC(=O)CC(N)CC)C/C1=C/C=C1\CCC[C@]2(C)C([C@H](C)CCCC(C)(C)O)CC[C@@H]12. The summed E-state index contributed by atoms with van der Waals surface area (Å²) in [4.78, 5) is 11.9. The van der Waals surface area contributed by atoms with Crippen molar-refractivity contribution in [2.75, 3.05) is 13.2 Å². The number of hydrogen-bond acceptors (Lipinski definition) is 4. The van der Waals surface area contributed by atoms with E-state index in [4.69, 9.17) is 10.5 Å². The van der Waals surface area contributed by atoms with Crippen molar-refractivity contribution < 1.29 is 14.6 Å². The second-order valence-corrected chi connectivity index (χ2v) is 14.1. The summed E-state index contributed by atoms with van der Waals surface area (Å²) < 4.78 is 6.22. The normalized spacial score (nSPS) is 30.9. The van der Waals surface area contributed by atoms with E-state index in [2.05, 4.69) is 37.9 Å². The van der Waals surface area contributed by atoms with Gasteiger partial charge in [0.25, 0.3) is 0 Å². The number of rotatable bonds is 14. The number of ether oxygens (including phenoxy) is 1. The van der Waals surface area contributed by atoms with Gasteiger partial charge in [-0.2, -0.15) is 0 Å². The first-order valence-corrected chi connectivity index (χ1v) is 16.4. The van der Waals surface area contributed by atoms with Gasteiger partial charge >= 0.3 is 0 Å². The zero-order chi connectivity index (χ0) is 29.3. The molecule has 5 nitrogen and oxygen atoms in total. The quantitative estimate of drug-likeness (QED) is 0.195. The first-order valence-electron chi connectivity index (χ1n) is 16.4.